The van der Waals surface area contributed by atoms with E-state index < -0.39 is 0 Å². The third kappa shape index (κ3) is 14.0. The molecule has 0 amide bonds. The maximum Gasteiger partial charge on any atom is 0.00283 e. The van der Waals surface area contributed by atoms with Gasteiger partial charge in [0.25, 0.3) is 0 Å². The Kier molecular flexibility index (Phi) is 16.3. The van der Waals surface area contributed by atoms with Crippen LogP contribution >= 0.6 is 37.6 Å². The molecule has 0 aromatic heterocycles. The summed E-state index contributed by atoms with van der Waals surface area (Å²) in [5.41, 5.74) is 0. The minimum Gasteiger partial charge on any atom is -0.301 e. The average molecular weight is 330 g/mol. The van der Waals surface area contributed by atoms with Crippen molar-refractivity contribution < 1.29 is 0 Å². The molecule has 0 aromatic rings. The van der Waals surface area contributed by atoms with E-state index in [-0.39, 0.29) is 0 Å². The Morgan fingerprint density at radius 2 is 0.944 bits per heavy atom. The second-order valence-electron chi connectivity index (χ2n) is 4.39. The van der Waals surface area contributed by atoms with Crippen LogP contribution in [0.1, 0.15) is 25.7 Å². The lowest BCUT2D eigenvalue weighted by molar-refractivity contribution is 0.403. The lowest BCUT2D eigenvalue weighted by atomic mass is 10.3. The highest BCUT2D eigenvalue weighted by molar-refractivity contribution is 7.14. The quantitative estimate of drug-likeness (QED) is 0.396. The fourth-order valence-electron chi connectivity index (χ4n) is 1.62. The molecule has 4 nitrogen and oxygen atoms in total. The fourth-order valence-corrected chi connectivity index (χ4v) is 2.76. The number of hydrogen-bond acceptors (Lipinski definition) is 4. The molecule has 110 valence electrons. The van der Waals surface area contributed by atoms with Gasteiger partial charge in [-0.05, 0) is 38.8 Å². The third-order valence-electron chi connectivity index (χ3n) is 2.67. The van der Waals surface area contributed by atoms with Crippen LogP contribution in [0.4, 0.5) is 0 Å². The summed E-state index contributed by atoms with van der Waals surface area (Å²) in [7, 11) is 10.7. The smallest absolute Gasteiger partial charge is 0.00283 e. The summed E-state index contributed by atoms with van der Waals surface area (Å²) in [5, 5.41) is 6.19. The first-order valence-electron chi connectivity index (χ1n) is 6.57. The summed E-state index contributed by atoms with van der Waals surface area (Å²) in [5.74, 6) is 0. The lowest BCUT2D eigenvalue weighted by Gasteiger charge is -2.18. The third-order valence-corrected chi connectivity index (χ3v) is 4.28. The van der Waals surface area contributed by atoms with Gasteiger partial charge in [0.1, 0.15) is 0 Å². The van der Waals surface area contributed by atoms with Crippen molar-refractivity contribution in [1.82, 2.24) is 19.5 Å². The van der Waals surface area contributed by atoms with Crippen LogP contribution in [-0.2, 0) is 0 Å². The van der Waals surface area contributed by atoms with Crippen molar-refractivity contribution in [3.05, 3.63) is 0 Å². The van der Waals surface area contributed by atoms with Crippen LogP contribution in [-0.4, -0.2) is 48.6 Å². The first-order chi connectivity index (χ1) is 8.70. The van der Waals surface area contributed by atoms with E-state index in [4.69, 9.17) is 0 Å². The Labute approximate surface area is 122 Å². The highest BCUT2D eigenvalue weighted by atomic mass is 31.0. The van der Waals surface area contributed by atoms with Gasteiger partial charge in [-0.15, -0.1) is 0 Å². The van der Waals surface area contributed by atoms with Crippen LogP contribution in [0.25, 0.3) is 0 Å². The molecule has 0 rings (SSSR count). The van der Waals surface area contributed by atoms with Gasteiger partial charge in [0.2, 0.25) is 0 Å². The van der Waals surface area contributed by atoms with Crippen molar-refractivity contribution in [2.45, 2.75) is 25.7 Å². The number of nitrogens with zero attached hydrogens (tertiary/aromatic N) is 2. The number of hydrogen-bond donors (Lipinski definition) is 2. The molecule has 0 aliphatic rings. The van der Waals surface area contributed by atoms with Gasteiger partial charge in [-0.1, -0.05) is 37.6 Å². The van der Waals surface area contributed by atoms with Crippen molar-refractivity contribution in [2.75, 3.05) is 39.3 Å². The van der Waals surface area contributed by atoms with Crippen LogP contribution in [0.15, 0.2) is 0 Å². The lowest BCUT2D eigenvalue weighted by Crippen LogP contribution is -2.20. The highest BCUT2D eigenvalue weighted by Gasteiger charge is 2.00. The summed E-state index contributed by atoms with van der Waals surface area (Å²) in [6, 6.07) is 0. The molecule has 0 saturated carbocycles. The zero-order valence-corrected chi connectivity index (χ0v) is 15.9. The Bertz CT molecular complexity index is 158. The standard InChI is InChI=1S/C10H30N4P4/c15-11-5-3-9-13(17)7-1-2-8-14(18)10-4-6-12-16/h11-12H,1-10,15-18H2. The molecule has 0 aromatic carbocycles. The molecule has 0 saturated heterocycles. The van der Waals surface area contributed by atoms with Crippen molar-refractivity contribution in [1.29, 1.82) is 0 Å². The van der Waals surface area contributed by atoms with Gasteiger partial charge < -0.3 is 10.2 Å². The molecule has 0 aliphatic carbocycles. The second-order valence-corrected chi connectivity index (χ2v) is 6.67. The Morgan fingerprint density at radius 1 is 0.611 bits per heavy atom. The molecule has 2 N–H and O–H groups in total. The summed E-state index contributed by atoms with van der Waals surface area (Å²) >= 11 is 0. The van der Waals surface area contributed by atoms with E-state index in [2.05, 4.69) is 57.1 Å². The van der Waals surface area contributed by atoms with Gasteiger partial charge in [-0.3, -0.25) is 9.34 Å². The van der Waals surface area contributed by atoms with E-state index >= 15 is 0 Å². The van der Waals surface area contributed by atoms with E-state index in [0.29, 0.717) is 0 Å². The molecule has 8 heteroatoms. The monoisotopic (exact) mass is 330 g/mol. The van der Waals surface area contributed by atoms with Crippen molar-refractivity contribution in [3.63, 3.8) is 0 Å². The molecule has 0 radical (unpaired) electrons. The Balaban J connectivity index is 3.27. The van der Waals surface area contributed by atoms with Crippen molar-refractivity contribution in [3.8, 4) is 0 Å². The predicted molar refractivity (Wildman–Crippen MR) is 96.5 cm³/mol. The van der Waals surface area contributed by atoms with Crippen LogP contribution in [0.3, 0.4) is 0 Å². The molecule has 0 heterocycles. The molecule has 0 aliphatic heterocycles. The number of rotatable bonds is 13. The Hall–Kier alpha value is 1.56. The van der Waals surface area contributed by atoms with Crippen LogP contribution < -0.4 is 10.2 Å². The molecule has 4 unspecified atom stereocenters. The average Bonchev–Trinajstić information content (AvgIpc) is 2.35. The minimum atomic E-state index is 1.07. The van der Waals surface area contributed by atoms with Gasteiger partial charge >= 0.3 is 0 Å². The largest absolute Gasteiger partial charge is 0.301 e. The molecule has 0 bridgehead atoms. The molecular weight excluding hydrogens is 300 g/mol. The molecule has 18 heavy (non-hydrogen) atoms. The van der Waals surface area contributed by atoms with Crippen LogP contribution in [0.2, 0.25) is 0 Å². The van der Waals surface area contributed by atoms with Crippen molar-refractivity contribution in [2.24, 2.45) is 0 Å². The highest BCUT2D eigenvalue weighted by Crippen LogP contribution is 2.06. The molecular formula is C10H30N4P4. The summed E-state index contributed by atoms with van der Waals surface area (Å²) < 4.78 is 4.68. The van der Waals surface area contributed by atoms with Crippen LogP contribution in [0, 0.1) is 0 Å². The van der Waals surface area contributed by atoms with E-state index in [1.807, 2.05) is 0 Å². The predicted octanol–water partition coefficient (Wildman–Crippen LogP) is 1.49. The van der Waals surface area contributed by atoms with Gasteiger partial charge in [-0.2, -0.15) is 0 Å². The van der Waals surface area contributed by atoms with Gasteiger partial charge in [0.15, 0.2) is 0 Å². The normalized spacial score (nSPS) is 11.7. The van der Waals surface area contributed by atoms with Gasteiger partial charge in [-0.25, -0.2) is 0 Å². The first-order valence-corrected chi connectivity index (χ1v) is 8.75. The van der Waals surface area contributed by atoms with Gasteiger partial charge in [0.05, 0.1) is 0 Å². The summed E-state index contributed by atoms with van der Waals surface area (Å²) in [4.78, 5) is 0. The molecule has 0 spiro atoms. The second kappa shape index (κ2) is 15.0. The number of unbranched alkanes of at least 4 members (excludes halogenated alkanes) is 1. The number of nitrogens with one attached hydrogen (secondary N) is 2. The minimum absolute atomic E-state index is 1.07. The first kappa shape index (κ1) is 19.6. The van der Waals surface area contributed by atoms with E-state index in [1.165, 1.54) is 38.8 Å². The zero-order chi connectivity index (χ0) is 13.6. The van der Waals surface area contributed by atoms with E-state index in [1.54, 1.807) is 0 Å². The SMILES string of the molecule is PNCCCN(P)CCCCN(P)CCCNP. The summed E-state index contributed by atoms with van der Waals surface area (Å²) in [6.07, 6.45) is 4.94. The van der Waals surface area contributed by atoms with E-state index in [9.17, 15) is 0 Å². The molecule has 4 atom stereocenters. The fraction of sp³-hybridized carbons (Fsp3) is 1.00. The van der Waals surface area contributed by atoms with E-state index in [0.717, 1.165) is 26.2 Å². The topological polar surface area (TPSA) is 30.5 Å². The maximum atomic E-state index is 3.09. The Morgan fingerprint density at radius 3 is 1.28 bits per heavy atom. The zero-order valence-electron chi connectivity index (χ0n) is 11.3. The summed E-state index contributed by atoms with van der Waals surface area (Å²) in [6.45, 7) is 6.78. The van der Waals surface area contributed by atoms with Crippen molar-refractivity contribution >= 4 is 37.6 Å². The maximum absolute atomic E-state index is 3.09. The van der Waals surface area contributed by atoms with Crippen LogP contribution in [0.5, 0.6) is 0 Å². The molecule has 0 fully saturated rings. The van der Waals surface area contributed by atoms with Gasteiger partial charge in [0, 0.05) is 26.2 Å².